The summed E-state index contributed by atoms with van der Waals surface area (Å²) in [6.07, 6.45) is 4.81. The van der Waals surface area contributed by atoms with Crippen LogP contribution in [0.25, 0.3) is 0 Å². The molecule has 2 heterocycles. The Labute approximate surface area is 100 Å². The predicted molar refractivity (Wildman–Crippen MR) is 69.1 cm³/mol. The Kier molecular flexibility index (Phi) is 3.29. The van der Waals surface area contributed by atoms with Gasteiger partial charge in [0.05, 0.1) is 0 Å². The second kappa shape index (κ2) is 4.70. The second-order valence-corrected chi connectivity index (χ2v) is 5.50. The maximum atomic E-state index is 4.26. The van der Waals surface area contributed by atoms with E-state index in [1.165, 1.54) is 9.75 Å². The Hall–Kier alpha value is -1.29. The van der Waals surface area contributed by atoms with Crippen molar-refractivity contribution in [2.75, 3.05) is 5.32 Å². The Morgan fingerprint density at radius 3 is 2.88 bits per heavy atom. The summed E-state index contributed by atoms with van der Waals surface area (Å²) in [5.41, 5.74) is 0. The standard InChI is InChI=1S/C12H17N3S/c1-9(8-11-5-4-10(2)16-11)14-12-13-6-7-15(12)3/h4-7,9H,8H2,1-3H3,(H,13,14). The van der Waals surface area contributed by atoms with E-state index in [-0.39, 0.29) is 0 Å². The lowest BCUT2D eigenvalue weighted by Gasteiger charge is -2.13. The summed E-state index contributed by atoms with van der Waals surface area (Å²) in [6, 6.07) is 4.78. The normalized spacial score (nSPS) is 12.7. The number of nitrogens with one attached hydrogen (secondary N) is 1. The highest BCUT2D eigenvalue weighted by molar-refractivity contribution is 7.11. The number of hydrogen-bond acceptors (Lipinski definition) is 3. The molecule has 86 valence electrons. The number of hydrogen-bond donors (Lipinski definition) is 1. The summed E-state index contributed by atoms with van der Waals surface area (Å²) in [7, 11) is 2.00. The second-order valence-electron chi connectivity index (χ2n) is 4.12. The zero-order chi connectivity index (χ0) is 11.5. The van der Waals surface area contributed by atoms with Crippen molar-refractivity contribution in [3.63, 3.8) is 0 Å². The van der Waals surface area contributed by atoms with Crippen molar-refractivity contribution in [3.8, 4) is 0 Å². The molecule has 1 atom stereocenters. The van der Waals surface area contributed by atoms with Crippen LogP contribution < -0.4 is 5.32 Å². The number of imidazole rings is 1. The maximum absolute atomic E-state index is 4.26. The Morgan fingerprint density at radius 1 is 1.50 bits per heavy atom. The first-order valence-corrected chi connectivity index (χ1v) is 6.26. The molecule has 2 rings (SSSR count). The molecule has 0 fully saturated rings. The van der Waals surface area contributed by atoms with E-state index in [2.05, 4.69) is 36.3 Å². The fourth-order valence-electron chi connectivity index (χ4n) is 1.67. The van der Waals surface area contributed by atoms with E-state index in [1.807, 2.05) is 35.3 Å². The molecule has 0 amide bonds. The summed E-state index contributed by atoms with van der Waals surface area (Å²) in [5, 5.41) is 3.41. The van der Waals surface area contributed by atoms with Crippen LogP contribution in [0, 0.1) is 6.92 Å². The molecule has 0 radical (unpaired) electrons. The average Bonchev–Trinajstić information content (AvgIpc) is 2.77. The molecule has 1 unspecified atom stereocenters. The van der Waals surface area contributed by atoms with Crippen molar-refractivity contribution in [2.24, 2.45) is 7.05 Å². The van der Waals surface area contributed by atoms with Gasteiger partial charge in [0, 0.05) is 41.7 Å². The van der Waals surface area contributed by atoms with E-state index >= 15 is 0 Å². The molecule has 0 bridgehead atoms. The van der Waals surface area contributed by atoms with Crippen molar-refractivity contribution in [1.29, 1.82) is 0 Å². The monoisotopic (exact) mass is 235 g/mol. The van der Waals surface area contributed by atoms with Crippen LogP contribution in [0.3, 0.4) is 0 Å². The van der Waals surface area contributed by atoms with Gasteiger partial charge in [0.25, 0.3) is 0 Å². The van der Waals surface area contributed by atoms with Gasteiger partial charge in [0.1, 0.15) is 0 Å². The Morgan fingerprint density at radius 2 is 2.31 bits per heavy atom. The van der Waals surface area contributed by atoms with Crippen LogP contribution in [-0.4, -0.2) is 15.6 Å². The summed E-state index contributed by atoms with van der Waals surface area (Å²) >= 11 is 1.87. The minimum atomic E-state index is 0.402. The Balaban J connectivity index is 1.94. The van der Waals surface area contributed by atoms with Crippen molar-refractivity contribution in [3.05, 3.63) is 34.3 Å². The number of aromatic nitrogens is 2. The molecular weight excluding hydrogens is 218 g/mol. The molecule has 0 aromatic carbocycles. The number of anilines is 1. The Bertz CT molecular complexity index is 458. The number of thiophene rings is 1. The molecule has 0 saturated carbocycles. The summed E-state index contributed by atoms with van der Waals surface area (Å²) < 4.78 is 2.00. The van der Waals surface area contributed by atoms with Gasteiger partial charge in [-0.15, -0.1) is 11.3 Å². The zero-order valence-electron chi connectivity index (χ0n) is 9.90. The van der Waals surface area contributed by atoms with E-state index in [0.717, 1.165) is 12.4 Å². The molecule has 4 heteroatoms. The number of aryl methyl sites for hydroxylation is 2. The van der Waals surface area contributed by atoms with Gasteiger partial charge in [-0.25, -0.2) is 4.98 Å². The van der Waals surface area contributed by atoms with Crippen LogP contribution in [-0.2, 0) is 13.5 Å². The van der Waals surface area contributed by atoms with Crippen LogP contribution in [0.2, 0.25) is 0 Å². The van der Waals surface area contributed by atoms with Crippen LogP contribution in [0.1, 0.15) is 16.7 Å². The molecule has 3 nitrogen and oxygen atoms in total. The topological polar surface area (TPSA) is 29.9 Å². The highest BCUT2D eigenvalue weighted by Gasteiger charge is 2.07. The summed E-state index contributed by atoms with van der Waals surface area (Å²) in [5.74, 6) is 0.931. The molecule has 0 aliphatic carbocycles. The largest absolute Gasteiger partial charge is 0.353 e. The summed E-state index contributed by atoms with van der Waals surface area (Å²) in [6.45, 7) is 4.33. The van der Waals surface area contributed by atoms with Crippen LogP contribution in [0.5, 0.6) is 0 Å². The van der Waals surface area contributed by atoms with E-state index in [9.17, 15) is 0 Å². The van der Waals surface area contributed by atoms with Crippen LogP contribution in [0.15, 0.2) is 24.5 Å². The third-order valence-electron chi connectivity index (χ3n) is 2.50. The quantitative estimate of drug-likeness (QED) is 0.883. The average molecular weight is 235 g/mol. The van der Waals surface area contributed by atoms with E-state index < -0.39 is 0 Å². The SMILES string of the molecule is Cc1ccc(CC(C)Nc2nccn2C)s1. The maximum Gasteiger partial charge on any atom is 0.202 e. The first kappa shape index (κ1) is 11.2. The first-order valence-electron chi connectivity index (χ1n) is 5.44. The molecule has 16 heavy (non-hydrogen) atoms. The van der Waals surface area contributed by atoms with Crippen molar-refractivity contribution < 1.29 is 0 Å². The smallest absolute Gasteiger partial charge is 0.202 e. The van der Waals surface area contributed by atoms with Gasteiger partial charge >= 0.3 is 0 Å². The van der Waals surface area contributed by atoms with Crippen LogP contribution in [0.4, 0.5) is 5.95 Å². The minimum absolute atomic E-state index is 0.402. The van der Waals surface area contributed by atoms with Gasteiger partial charge in [0.2, 0.25) is 5.95 Å². The fraction of sp³-hybridized carbons (Fsp3) is 0.417. The molecule has 0 saturated heterocycles. The van der Waals surface area contributed by atoms with E-state index in [4.69, 9.17) is 0 Å². The van der Waals surface area contributed by atoms with E-state index in [1.54, 1.807) is 0 Å². The molecule has 2 aromatic rings. The van der Waals surface area contributed by atoms with Gasteiger partial charge in [-0.2, -0.15) is 0 Å². The number of rotatable bonds is 4. The zero-order valence-corrected chi connectivity index (χ0v) is 10.7. The number of nitrogens with zero attached hydrogens (tertiary/aromatic N) is 2. The van der Waals surface area contributed by atoms with Crippen molar-refractivity contribution in [2.45, 2.75) is 26.3 Å². The lowest BCUT2D eigenvalue weighted by atomic mass is 10.2. The van der Waals surface area contributed by atoms with Gasteiger partial charge in [-0.05, 0) is 26.0 Å². The molecule has 0 aliphatic rings. The third-order valence-corrected chi connectivity index (χ3v) is 3.52. The van der Waals surface area contributed by atoms with Crippen LogP contribution >= 0.6 is 11.3 Å². The summed E-state index contributed by atoms with van der Waals surface area (Å²) in [4.78, 5) is 7.05. The molecule has 2 aromatic heterocycles. The lowest BCUT2D eigenvalue weighted by molar-refractivity contribution is 0.769. The van der Waals surface area contributed by atoms with Gasteiger partial charge in [-0.3, -0.25) is 0 Å². The van der Waals surface area contributed by atoms with Gasteiger partial charge < -0.3 is 9.88 Å². The lowest BCUT2D eigenvalue weighted by Crippen LogP contribution is -2.19. The fourth-order valence-corrected chi connectivity index (χ4v) is 2.69. The minimum Gasteiger partial charge on any atom is -0.353 e. The first-order chi connectivity index (χ1) is 7.65. The highest BCUT2D eigenvalue weighted by atomic mass is 32.1. The molecular formula is C12H17N3S. The predicted octanol–water partition coefficient (Wildman–Crippen LogP) is 2.83. The van der Waals surface area contributed by atoms with Gasteiger partial charge in [-0.1, -0.05) is 0 Å². The van der Waals surface area contributed by atoms with Crippen molar-refractivity contribution >= 4 is 17.3 Å². The van der Waals surface area contributed by atoms with Crippen molar-refractivity contribution in [1.82, 2.24) is 9.55 Å². The van der Waals surface area contributed by atoms with E-state index in [0.29, 0.717) is 6.04 Å². The molecule has 0 aliphatic heterocycles. The molecule has 0 spiro atoms. The molecule has 1 N–H and O–H groups in total. The highest BCUT2D eigenvalue weighted by Crippen LogP contribution is 2.17. The third kappa shape index (κ3) is 2.64. The van der Waals surface area contributed by atoms with Gasteiger partial charge in [0.15, 0.2) is 0 Å².